The Balaban J connectivity index is 0.00000106. The summed E-state index contributed by atoms with van der Waals surface area (Å²) in [5.41, 5.74) is 0.190. The molecule has 2 rings (SSSR count). The first-order valence-electron chi connectivity index (χ1n) is 6.15. The Bertz CT molecular complexity index is 655. The van der Waals surface area contributed by atoms with Crippen LogP contribution in [-0.4, -0.2) is 32.0 Å². The third kappa shape index (κ3) is 4.54. The number of nitrogens with zero attached hydrogens (tertiary/aromatic N) is 2. The van der Waals surface area contributed by atoms with E-state index in [0.717, 1.165) is 0 Å². The lowest BCUT2D eigenvalue weighted by atomic mass is 10.2. The average Bonchev–Trinajstić information content (AvgIpc) is 2.92. The first-order valence-corrected chi connectivity index (χ1v) is 6.90. The lowest BCUT2D eigenvalue weighted by molar-refractivity contribution is -0.129. The fraction of sp³-hybridized carbons (Fsp3) is 0.231. The van der Waals surface area contributed by atoms with Gasteiger partial charge in [0.15, 0.2) is 5.82 Å². The number of halogens is 2. The maximum atomic E-state index is 10.5. The number of carboxylic acid groups (broad SMARTS) is 1. The highest BCUT2D eigenvalue weighted by molar-refractivity contribution is 6.42. The van der Waals surface area contributed by atoms with Crippen molar-refractivity contribution in [3.8, 4) is 11.4 Å². The van der Waals surface area contributed by atoms with Gasteiger partial charge >= 0.3 is 5.97 Å². The zero-order valence-corrected chi connectivity index (χ0v) is 13.0. The van der Waals surface area contributed by atoms with E-state index in [1.54, 1.807) is 18.2 Å². The van der Waals surface area contributed by atoms with Gasteiger partial charge in [0.1, 0.15) is 11.5 Å². The Morgan fingerprint density at radius 2 is 2.00 bits per heavy atom. The molecule has 0 aliphatic heterocycles. The minimum atomic E-state index is -1.28. The van der Waals surface area contributed by atoms with Gasteiger partial charge in [-0.2, -0.15) is 5.10 Å². The number of hydrogen-bond donors (Lipinski definition) is 3. The fourth-order valence-electron chi connectivity index (χ4n) is 1.38. The number of nitrogens with one attached hydrogen (secondary N) is 2. The molecular weight excluding hydrogens is 315 g/mol. The number of aromatic amines is 1. The maximum absolute atomic E-state index is 10.5. The van der Waals surface area contributed by atoms with Gasteiger partial charge in [0.25, 0.3) is 0 Å². The summed E-state index contributed by atoms with van der Waals surface area (Å²) in [5.74, 6) is -0.618. The van der Waals surface area contributed by atoms with Crippen molar-refractivity contribution < 1.29 is 9.90 Å². The predicted octanol–water partition coefficient (Wildman–Crippen LogP) is 3.45. The summed E-state index contributed by atoms with van der Waals surface area (Å²) in [4.78, 5) is 14.6. The summed E-state index contributed by atoms with van der Waals surface area (Å²) >= 11 is 11.7. The van der Waals surface area contributed by atoms with Gasteiger partial charge in [0, 0.05) is 5.56 Å². The minimum Gasteiger partial charge on any atom is -0.477 e. The highest BCUT2D eigenvalue weighted by atomic mass is 35.5. The SMILES string of the molecule is CC.N=C(Cc1nc(-c2ccc(Cl)c(Cl)c2)n[nH]1)C(=O)O. The van der Waals surface area contributed by atoms with E-state index in [2.05, 4.69) is 15.2 Å². The smallest absolute Gasteiger partial charge is 0.349 e. The molecule has 0 saturated heterocycles. The molecule has 1 aromatic carbocycles. The zero-order valence-electron chi connectivity index (χ0n) is 11.4. The summed E-state index contributed by atoms with van der Waals surface area (Å²) in [6.07, 6.45) is -0.121. The minimum absolute atomic E-state index is 0.121. The van der Waals surface area contributed by atoms with Gasteiger partial charge in [0.05, 0.1) is 16.5 Å². The van der Waals surface area contributed by atoms with Crippen LogP contribution in [0.2, 0.25) is 10.0 Å². The van der Waals surface area contributed by atoms with E-state index in [-0.39, 0.29) is 6.42 Å². The van der Waals surface area contributed by atoms with Crippen molar-refractivity contribution in [2.75, 3.05) is 0 Å². The van der Waals surface area contributed by atoms with Crippen LogP contribution in [0, 0.1) is 5.41 Å². The van der Waals surface area contributed by atoms with E-state index < -0.39 is 11.7 Å². The van der Waals surface area contributed by atoms with Crippen molar-refractivity contribution in [1.29, 1.82) is 5.41 Å². The summed E-state index contributed by atoms with van der Waals surface area (Å²) in [6, 6.07) is 4.93. The topological polar surface area (TPSA) is 103 Å². The molecule has 0 bridgehead atoms. The molecule has 0 amide bonds. The van der Waals surface area contributed by atoms with Gasteiger partial charge in [0.2, 0.25) is 0 Å². The van der Waals surface area contributed by atoms with E-state index >= 15 is 0 Å². The van der Waals surface area contributed by atoms with Crippen LogP contribution in [0.1, 0.15) is 19.7 Å². The Morgan fingerprint density at radius 3 is 2.57 bits per heavy atom. The molecule has 1 heterocycles. The van der Waals surface area contributed by atoms with Crippen LogP contribution in [0.3, 0.4) is 0 Å². The Labute approximate surface area is 131 Å². The second-order valence-corrected chi connectivity index (χ2v) is 4.51. The highest BCUT2D eigenvalue weighted by Gasteiger charge is 2.12. The Hall–Kier alpha value is -1.92. The van der Waals surface area contributed by atoms with Gasteiger partial charge in [-0.25, -0.2) is 9.78 Å². The number of H-pyrrole nitrogens is 1. The van der Waals surface area contributed by atoms with Crippen molar-refractivity contribution in [3.63, 3.8) is 0 Å². The fourth-order valence-corrected chi connectivity index (χ4v) is 1.68. The van der Waals surface area contributed by atoms with Crippen LogP contribution in [0.5, 0.6) is 0 Å². The van der Waals surface area contributed by atoms with Crippen LogP contribution in [-0.2, 0) is 11.2 Å². The van der Waals surface area contributed by atoms with Crippen LogP contribution in [0.25, 0.3) is 11.4 Å². The second kappa shape index (κ2) is 7.75. The van der Waals surface area contributed by atoms with E-state index in [4.69, 9.17) is 33.7 Å². The molecule has 112 valence electrons. The number of rotatable bonds is 4. The molecule has 0 radical (unpaired) electrons. The van der Waals surface area contributed by atoms with Crippen molar-refractivity contribution >= 4 is 34.9 Å². The predicted molar refractivity (Wildman–Crippen MR) is 82.3 cm³/mol. The standard InChI is InChI=1S/C11H8Cl2N4O2.C2H6/c12-6-2-1-5(3-7(6)13)10-15-9(16-17-10)4-8(14)11(18)19;1-2/h1-3,14H,4H2,(H,18,19)(H,15,16,17);1-2H3. The molecule has 2 aromatic rings. The summed E-state index contributed by atoms with van der Waals surface area (Å²) in [7, 11) is 0. The number of benzene rings is 1. The molecule has 0 fully saturated rings. The number of aliphatic carboxylic acids is 1. The average molecular weight is 329 g/mol. The molecule has 0 saturated carbocycles. The molecule has 6 nitrogen and oxygen atoms in total. The largest absolute Gasteiger partial charge is 0.477 e. The van der Waals surface area contributed by atoms with Crippen LogP contribution >= 0.6 is 23.2 Å². The monoisotopic (exact) mass is 328 g/mol. The van der Waals surface area contributed by atoms with Gasteiger partial charge in [-0.05, 0) is 18.2 Å². The quantitative estimate of drug-likeness (QED) is 0.747. The van der Waals surface area contributed by atoms with Crippen molar-refractivity contribution in [2.45, 2.75) is 20.3 Å². The van der Waals surface area contributed by atoms with Crippen molar-refractivity contribution in [3.05, 3.63) is 34.1 Å². The molecule has 0 spiro atoms. The van der Waals surface area contributed by atoms with Crippen molar-refractivity contribution in [1.82, 2.24) is 15.2 Å². The molecule has 21 heavy (non-hydrogen) atoms. The Kier molecular flexibility index (Phi) is 6.33. The van der Waals surface area contributed by atoms with Gasteiger partial charge in [-0.1, -0.05) is 37.0 Å². The lowest BCUT2D eigenvalue weighted by Crippen LogP contribution is -2.14. The summed E-state index contributed by atoms with van der Waals surface area (Å²) in [5, 5.41) is 23.2. The van der Waals surface area contributed by atoms with E-state index in [0.29, 0.717) is 27.3 Å². The van der Waals surface area contributed by atoms with Gasteiger partial charge in [-0.15, -0.1) is 0 Å². The number of carbonyl (C=O) groups is 1. The Morgan fingerprint density at radius 1 is 1.33 bits per heavy atom. The molecule has 0 aliphatic rings. The third-order valence-corrected chi connectivity index (χ3v) is 3.05. The molecular formula is C13H14Cl2N4O2. The molecule has 0 atom stereocenters. The summed E-state index contributed by atoms with van der Waals surface area (Å²) < 4.78 is 0. The van der Waals surface area contributed by atoms with Crippen molar-refractivity contribution in [2.24, 2.45) is 0 Å². The molecule has 1 aromatic heterocycles. The van der Waals surface area contributed by atoms with Crippen LogP contribution in [0.15, 0.2) is 18.2 Å². The number of carboxylic acids is 1. The summed E-state index contributed by atoms with van der Waals surface area (Å²) in [6.45, 7) is 4.00. The molecule has 3 N–H and O–H groups in total. The normalized spacial score (nSPS) is 9.71. The van der Waals surface area contributed by atoms with E-state index in [1.165, 1.54) is 0 Å². The van der Waals surface area contributed by atoms with E-state index in [9.17, 15) is 4.79 Å². The first kappa shape index (κ1) is 17.1. The lowest BCUT2D eigenvalue weighted by Gasteiger charge is -1.98. The number of aromatic nitrogens is 3. The second-order valence-electron chi connectivity index (χ2n) is 3.70. The van der Waals surface area contributed by atoms with Gasteiger partial charge < -0.3 is 5.11 Å². The zero-order chi connectivity index (χ0) is 16.0. The molecule has 0 aliphatic carbocycles. The highest BCUT2D eigenvalue weighted by Crippen LogP contribution is 2.26. The third-order valence-electron chi connectivity index (χ3n) is 2.31. The van der Waals surface area contributed by atoms with E-state index in [1.807, 2.05) is 13.8 Å². The number of hydrogen-bond acceptors (Lipinski definition) is 4. The van der Waals surface area contributed by atoms with Crippen LogP contribution < -0.4 is 0 Å². The first-order chi connectivity index (χ1) is 9.97. The van der Waals surface area contributed by atoms with Gasteiger partial charge in [-0.3, -0.25) is 10.5 Å². The maximum Gasteiger partial charge on any atom is 0.349 e. The van der Waals surface area contributed by atoms with Crippen LogP contribution in [0.4, 0.5) is 0 Å². The molecule has 8 heteroatoms. The molecule has 0 unspecified atom stereocenters.